The molecule has 8 heteroatoms. The smallest absolute Gasteiger partial charge is 0.228 e. The molecule has 3 heterocycles. The predicted octanol–water partition coefficient (Wildman–Crippen LogP) is 3.62. The van der Waals surface area contributed by atoms with Crippen molar-refractivity contribution in [1.82, 2.24) is 14.9 Å². The van der Waals surface area contributed by atoms with Crippen molar-refractivity contribution in [3.8, 4) is 16.6 Å². The fourth-order valence-corrected chi connectivity index (χ4v) is 4.40. The lowest BCUT2D eigenvalue weighted by atomic mass is 10.2. The van der Waals surface area contributed by atoms with Gasteiger partial charge in [0.1, 0.15) is 10.8 Å². The number of carbonyl (C=O) groups excluding carboxylic acids is 1. The third-order valence-corrected chi connectivity index (χ3v) is 6.07. The first-order chi connectivity index (χ1) is 14.1. The minimum atomic E-state index is 0.0689. The average Bonchev–Trinajstić information content (AvgIpc) is 3.22. The number of nitriles is 1. The maximum absolute atomic E-state index is 12.7. The molecule has 0 atom stereocenters. The summed E-state index contributed by atoms with van der Waals surface area (Å²) in [6.07, 6.45) is 1.92. The number of aromatic nitrogens is 2. The summed E-state index contributed by atoms with van der Waals surface area (Å²) >= 11 is 7.74. The number of anilines is 1. The molecule has 0 unspecified atom stereocenters. The number of carbonyl (C=O) groups is 1. The number of pyridine rings is 1. The summed E-state index contributed by atoms with van der Waals surface area (Å²) in [7, 11) is 0. The highest BCUT2D eigenvalue weighted by Gasteiger charge is 2.23. The van der Waals surface area contributed by atoms with Crippen LogP contribution in [-0.4, -0.2) is 47.0 Å². The van der Waals surface area contributed by atoms with Crippen LogP contribution in [0, 0.1) is 11.3 Å². The standard InChI is InChI=1S/C21H18ClN5OS/c22-18-4-2-1-3-17(18)21-25-16(14-29-21)12-20(28)27-9-7-26(8-10-27)19-11-15(13-23)5-6-24-19/h1-6,11,14H,7-10,12H2. The van der Waals surface area contributed by atoms with Crippen molar-refractivity contribution in [3.63, 3.8) is 0 Å². The molecule has 1 aromatic carbocycles. The molecule has 2 aromatic heterocycles. The Morgan fingerprint density at radius 2 is 2.00 bits per heavy atom. The first kappa shape index (κ1) is 19.4. The zero-order valence-electron chi connectivity index (χ0n) is 15.6. The van der Waals surface area contributed by atoms with Gasteiger partial charge in [-0.25, -0.2) is 9.97 Å². The highest BCUT2D eigenvalue weighted by atomic mass is 35.5. The van der Waals surface area contributed by atoms with Gasteiger partial charge in [-0.2, -0.15) is 5.26 Å². The van der Waals surface area contributed by atoms with Crippen LogP contribution in [0.2, 0.25) is 5.02 Å². The van der Waals surface area contributed by atoms with E-state index in [2.05, 4.69) is 20.9 Å². The summed E-state index contributed by atoms with van der Waals surface area (Å²) in [5, 5.41) is 12.4. The fraction of sp³-hybridized carbons (Fsp3) is 0.238. The van der Waals surface area contributed by atoms with E-state index in [0.29, 0.717) is 36.8 Å². The molecule has 0 bridgehead atoms. The summed E-state index contributed by atoms with van der Waals surface area (Å²) in [4.78, 5) is 25.6. The van der Waals surface area contributed by atoms with Gasteiger partial charge in [0, 0.05) is 43.3 Å². The molecular formula is C21H18ClN5OS. The van der Waals surface area contributed by atoms with Gasteiger partial charge in [0.05, 0.1) is 28.8 Å². The molecule has 4 rings (SSSR count). The average molecular weight is 424 g/mol. The van der Waals surface area contributed by atoms with Gasteiger partial charge in [0.2, 0.25) is 5.91 Å². The van der Waals surface area contributed by atoms with E-state index in [-0.39, 0.29) is 12.3 Å². The lowest BCUT2D eigenvalue weighted by Crippen LogP contribution is -2.49. The van der Waals surface area contributed by atoms with Gasteiger partial charge in [0.15, 0.2) is 0 Å². The molecule has 1 aliphatic rings. The quantitative estimate of drug-likeness (QED) is 0.640. The number of hydrogen-bond donors (Lipinski definition) is 0. The molecular weight excluding hydrogens is 406 g/mol. The number of nitrogens with zero attached hydrogens (tertiary/aromatic N) is 5. The topological polar surface area (TPSA) is 73.1 Å². The van der Waals surface area contributed by atoms with Gasteiger partial charge in [-0.05, 0) is 18.2 Å². The van der Waals surface area contributed by atoms with Crippen molar-refractivity contribution in [2.75, 3.05) is 31.1 Å². The molecule has 0 radical (unpaired) electrons. The van der Waals surface area contributed by atoms with Gasteiger partial charge in [-0.1, -0.05) is 29.8 Å². The predicted molar refractivity (Wildman–Crippen MR) is 114 cm³/mol. The SMILES string of the molecule is N#Cc1ccnc(N2CCN(C(=O)Cc3csc(-c4ccccc4Cl)n3)CC2)c1. The molecule has 6 nitrogen and oxygen atoms in total. The van der Waals surface area contributed by atoms with Crippen molar-refractivity contribution in [2.45, 2.75) is 6.42 Å². The summed E-state index contributed by atoms with van der Waals surface area (Å²) < 4.78 is 0. The van der Waals surface area contributed by atoms with Crippen molar-refractivity contribution in [1.29, 1.82) is 5.26 Å². The normalized spacial score (nSPS) is 13.9. The van der Waals surface area contributed by atoms with E-state index in [1.807, 2.05) is 34.5 Å². The largest absolute Gasteiger partial charge is 0.353 e. The Morgan fingerprint density at radius 1 is 1.21 bits per heavy atom. The number of halogens is 1. The molecule has 3 aromatic rings. The van der Waals surface area contributed by atoms with Crippen LogP contribution in [-0.2, 0) is 11.2 Å². The Kier molecular flexibility index (Phi) is 5.74. The Labute approximate surface area is 178 Å². The molecule has 1 saturated heterocycles. The maximum atomic E-state index is 12.7. The third kappa shape index (κ3) is 4.39. The zero-order chi connectivity index (χ0) is 20.2. The van der Waals surface area contributed by atoms with Gasteiger partial charge in [-0.3, -0.25) is 4.79 Å². The number of hydrogen-bond acceptors (Lipinski definition) is 6. The maximum Gasteiger partial charge on any atom is 0.228 e. The molecule has 0 saturated carbocycles. The molecule has 0 N–H and O–H groups in total. The highest BCUT2D eigenvalue weighted by Crippen LogP contribution is 2.30. The molecule has 146 valence electrons. The van der Waals surface area contributed by atoms with E-state index in [1.54, 1.807) is 18.3 Å². The highest BCUT2D eigenvalue weighted by molar-refractivity contribution is 7.13. The Bertz CT molecular complexity index is 1070. The van der Waals surface area contributed by atoms with Crippen LogP contribution in [0.4, 0.5) is 5.82 Å². The molecule has 1 amide bonds. The number of benzene rings is 1. The van der Waals surface area contributed by atoms with Crippen LogP contribution in [0.5, 0.6) is 0 Å². The Balaban J connectivity index is 1.36. The second-order valence-electron chi connectivity index (χ2n) is 6.68. The lowest BCUT2D eigenvalue weighted by Gasteiger charge is -2.35. The van der Waals surface area contributed by atoms with Crippen LogP contribution in [0.15, 0.2) is 48.0 Å². The Morgan fingerprint density at radius 3 is 2.76 bits per heavy atom. The summed E-state index contributed by atoms with van der Waals surface area (Å²) in [5.41, 5.74) is 2.24. The number of thiazole rings is 1. The molecule has 0 aliphatic carbocycles. The van der Waals surface area contributed by atoms with Crippen LogP contribution >= 0.6 is 22.9 Å². The number of amides is 1. The molecule has 29 heavy (non-hydrogen) atoms. The van der Waals surface area contributed by atoms with Crippen molar-refractivity contribution in [2.24, 2.45) is 0 Å². The zero-order valence-corrected chi connectivity index (χ0v) is 17.2. The van der Waals surface area contributed by atoms with Crippen LogP contribution in [0.1, 0.15) is 11.3 Å². The van der Waals surface area contributed by atoms with E-state index in [4.69, 9.17) is 16.9 Å². The minimum absolute atomic E-state index is 0.0689. The summed E-state index contributed by atoms with van der Waals surface area (Å²) in [6, 6.07) is 13.2. The lowest BCUT2D eigenvalue weighted by molar-refractivity contribution is -0.130. The van der Waals surface area contributed by atoms with Gasteiger partial charge >= 0.3 is 0 Å². The first-order valence-electron chi connectivity index (χ1n) is 9.22. The molecule has 1 aliphatic heterocycles. The number of rotatable bonds is 4. The number of piperazine rings is 1. The van der Waals surface area contributed by atoms with Gasteiger partial charge in [-0.15, -0.1) is 11.3 Å². The van der Waals surface area contributed by atoms with Crippen molar-refractivity contribution < 1.29 is 4.79 Å². The second-order valence-corrected chi connectivity index (χ2v) is 7.95. The van der Waals surface area contributed by atoms with Gasteiger partial charge < -0.3 is 9.80 Å². The van der Waals surface area contributed by atoms with Crippen molar-refractivity contribution >= 4 is 34.7 Å². The van der Waals surface area contributed by atoms with Gasteiger partial charge in [0.25, 0.3) is 0 Å². The van der Waals surface area contributed by atoms with E-state index in [0.717, 1.165) is 22.1 Å². The summed E-state index contributed by atoms with van der Waals surface area (Å²) in [5.74, 6) is 0.847. The van der Waals surface area contributed by atoms with E-state index < -0.39 is 0 Å². The fourth-order valence-electron chi connectivity index (χ4n) is 3.26. The van der Waals surface area contributed by atoms with Crippen molar-refractivity contribution in [3.05, 3.63) is 64.3 Å². The van der Waals surface area contributed by atoms with E-state index >= 15 is 0 Å². The minimum Gasteiger partial charge on any atom is -0.353 e. The molecule has 0 spiro atoms. The first-order valence-corrected chi connectivity index (χ1v) is 10.5. The van der Waals surface area contributed by atoms with Crippen LogP contribution in [0.25, 0.3) is 10.6 Å². The van der Waals surface area contributed by atoms with E-state index in [9.17, 15) is 4.79 Å². The monoisotopic (exact) mass is 423 g/mol. The van der Waals surface area contributed by atoms with E-state index in [1.165, 1.54) is 11.3 Å². The third-order valence-electron chi connectivity index (χ3n) is 4.82. The second kappa shape index (κ2) is 8.60. The molecule has 1 fully saturated rings. The summed E-state index contributed by atoms with van der Waals surface area (Å²) in [6.45, 7) is 2.63. The van der Waals surface area contributed by atoms with Crippen LogP contribution < -0.4 is 4.90 Å². The Hall–Kier alpha value is -2.95. The van der Waals surface area contributed by atoms with Crippen LogP contribution in [0.3, 0.4) is 0 Å².